The van der Waals surface area contributed by atoms with Crippen LogP contribution >= 0.6 is 0 Å². The standard InChI is InChI=1S/C13H18N2O3/c1-2-3-8-18-12-10(16)6-7-14-11(12)13(17)15-9-4-5-9/h6-7,9H,2-5,8H2,1H3,(H,14,16)(H,15,17). The van der Waals surface area contributed by atoms with Gasteiger partial charge >= 0.3 is 0 Å². The number of H-pyrrole nitrogens is 1. The molecule has 0 saturated heterocycles. The summed E-state index contributed by atoms with van der Waals surface area (Å²) in [5, 5.41) is 2.84. The summed E-state index contributed by atoms with van der Waals surface area (Å²) in [6.07, 6.45) is 5.33. The first-order chi connectivity index (χ1) is 8.72. The maximum absolute atomic E-state index is 11.9. The Morgan fingerprint density at radius 2 is 2.33 bits per heavy atom. The SMILES string of the molecule is CCCCOc1c(C(=O)NC2CC2)[nH]ccc1=O. The number of aromatic nitrogens is 1. The second-order valence-corrected chi connectivity index (χ2v) is 4.50. The number of pyridine rings is 1. The Bertz CT molecular complexity index is 477. The highest BCUT2D eigenvalue weighted by atomic mass is 16.5. The molecule has 18 heavy (non-hydrogen) atoms. The van der Waals surface area contributed by atoms with E-state index >= 15 is 0 Å². The van der Waals surface area contributed by atoms with Crippen LogP contribution in [0, 0.1) is 0 Å². The molecule has 0 aromatic carbocycles. The average Bonchev–Trinajstić information content (AvgIpc) is 3.15. The van der Waals surface area contributed by atoms with E-state index in [1.165, 1.54) is 12.3 Å². The molecule has 5 nitrogen and oxygen atoms in total. The van der Waals surface area contributed by atoms with Gasteiger partial charge < -0.3 is 15.0 Å². The Morgan fingerprint density at radius 1 is 1.56 bits per heavy atom. The van der Waals surface area contributed by atoms with Crippen molar-refractivity contribution in [2.24, 2.45) is 0 Å². The minimum atomic E-state index is -0.262. The van der Waals surface area contributed by atoms with Gasteiger partial charge in [0.1, 0.15) is 0 Å². The quantitative estimate of drug-likeness (QED) is 0.750. The van der Waals surface area contributed by atoms with E-state index in [1.807, 2.05) is 6.92 Å². The molecule has 1 aliphatic carbocycles. The van der Waals surface area contributed by atoms with E-state index in [4.69, 9.17) is 4.74 Å². The van der Waals surface area contributed by atoms with Crippen LogP contribution in [0.5, 0.6) is 5.75 Å². The molecular formula is C13H18N2O3. The Kier molecular flexibility index (Phi) is 4.02. The zero-order chi connectivity index (χ0) is 13.0. The van der Waals surface area contributed by atoms with Gasteiger partial charge in [0, 0.05) is 18.3 Å². The predicted molar refractivity (Wildman–Crippen MR) is 68.0 cm³/mol. The molecular weight excluding hydrogens is 232 g/mol. The summed E-state index contributed by atoms with van der Waals surface area (Å²) in [6, 6.07) is 1.62. The van der Waals surface area contributed by atoms with Crippen LogP contribution in [0.3, 0.4) is 0 Å². The van der Waals surface area contributed by atoms with Crippen molar-refractivity contribution < 1.29 is 9.53 Å². The van der Waals surface area contributed by atoms with Gasteiger partial charge in [0.2, 0.25) is 5.43 Å². The minimum Gasteiger partial charge on any atom is -0.487 e. The highest BCUT2D eigenvalue weighted by Gasteiger charge is 2.26. The lowest BCUT2D eigenvalue weighted by molar-refractivity contribution is 0.0941. The molecule has 0 aliphatic heterocycles. The predicted octanol–water partition coefficient (Wildman–Crippen LogP) is 1.45. The number of carbonyl (C=O) groups excluding carboxylic acids is 1. The van der Waals surface area contributed by atoms with Crippen molar-refractivity contribution in [1.82, 2.24) is 10.3 Å². The fourth-order valence-electron chi connectivity index (χ4n) is 1.58. The summed E-state index contributed by atoms with van der Waals surface area (Å²) in [4.78, 5) is 26.5. The van der Waals surface area contributed by atoms with Crippen LogP contribution in [0.4, 0.5) is 0 Å². The van der Waals surface area contributed by atoms with Gasteiger partial charge in [0.15, 0.2) is 11.4 Å². The smallest absolute Gasteiger partial charge is 0.271 e. The molecule has 0 atom stereocenters. The summed E-state index contributed by atoms with van der Waals surface area (Å²) in [5.41, 5.74) is -0.0312. The van der Waals surface area contributed by atoms with E-state index in [0.717, 1.165) is 25.7 Å². The second kappa shape index (κ2) is 5.71. The summed E-state index contributed by atoms with van der Waals surface area (Å²) in [6.45, 7) is 2.49. The van der Waals surface area contributed by atoms with E-state index in [-0.39, 0.29) is 28.8 Å². The lowest BCUT2D eigenvalue weighted by Gasteiger charge is -2.10. The minimum absolute atomic E-state index is 0.129. The summed E-state index contributed by atoms with van der Waals surface area (Å²) >= 11 is 0. The molecule has 2 rings (SSSR count). The fraction of sp³-hybridized carbons (Fsp3) is 0.538. The zero-order valence-electron chi connectivity index (χ0n) is 10.5. The lowest BCUT2D eigenvalue weighted by Crippen LogP contribution is -2.28. The first kappa shape index (κ1) is 12.7. The zero-order valence-corrected chi connectivity index (χ0v) is 10.5. The van der Waals surface area contributed by atoms with Gasteiger partial charge in [-0.15, -0.1) is 0 Å². The summed E-state index contributed by atoms with van der Waals surface area (Å²) in [7, 11) is 0. The Labute approximate surface area is 106 Å². The van der Waals surface area contributed by atoms with Crippen molar-refractivity contribution in [3.8, 4) is 5.75 Å². The van der Waals surface area contributed by atoms with E-state index in [1.54, 1.807) is 0 Å². The second-order valence-electron chi connectivity index (χ2n) is 4.50. The van der Waals surface area contributed by atoms with Gasteiger partial charge in [0.25, 0.3) is 5.91 Å². The highest BCUT2D eigenvalue weighted by Crippen LogP contribution is 2.20. The summed E-state index contributed by atoms with van der Waals surface area (Å²) in [5.74, 6) is -0.134. The van der Waals surface area contributed by atoms with Crippen LogP contribution in [-0.4, -0.2) is 23.5 Å². The van der Waals surface area contributed by atoms with Gasteiger partial charge in [-0.1, -0.05) is 13.3 Å². The number of aromatic amines is 1. The maximum Gasteiger partial charge on any atom is 0.271 e. The molecule has 0 radical (unpaired) electrons. The van der Waals surface area contributed by atoms with Crippen molar-refractivity contribution in [2.75, 3.05) is 6.61 Å². The Balaban J connectivity index is 2.13. The third kappa shape index (κ3) is 3.12. The maximum atomic E-state index is 11.9. The van der Waals surface area contributed by atoms with Crippen LogP contribution in [-0.2, 0) is 0 Å². The van der Waals surface area contributed by atoms with Gasteiger partial charge in [-0.25, -0.2) is 0 Å². The number of carbonyl (C=O) groups is 1. The molecule has 1 amide bonds. The van der Waals surface area contributed by atoms with Crippen LogP contribution in [0.15, 0.2) is 17.1 Å². The number of hydrogen-bond donors (Lipinski definition) is 2. The normalized spacial score (nSPS) is 14.3. The van der Waals surface area contributed by atoms with Crippen LogP contribution in [0.2, 0.25) is 0 Å². The van der Waals surface area contributed by atoms with E-state index < -0.39 is 0 Å². The topological polar surface area (TPSA) is 71.2 Å². The number of rotatable bonds is 6. The Morgan fingerprint density at radius 3 is 3.00 bits per heavy atom. The molecule has 1 saturated carbocycles. The number of hydrogen-bond acceptors (Lipinski definition) is 3. The monoisotopic (exact) mass is 250 g/mol. The third-order valence-electron chi connectivity index (χ3n) is 2.80. The molecule has 1 fully saturated rings. The van der Waals surface area contributed by atoms with Gasteiger partial charge in [-0.05, 0) is 19.3 Å². The molecule has 1 aromatic rings. The number of amides is 1. The van der Waals surface area contributed by atoms with E-state index in [0.29, 0.717) is 6.61 Å². The van der Waals surface area contributed by atoms with Crippen molar-refractivity contribution in [2.45, 2.75) is 38.6 Å². The van der Waals surface area contributed by atoms with Gasteiger partial charge in [0.05, 0.1) is 6.61 Å². The molecule has 98 valence electrons. The van der Waals surface area contributed by atoms with E-state index in [9.17, 15) is 9.59 Å². The number of unbranched alkanes of at least 4 members (excludes halogenated alkanes) is 1. The average molecular weight is 250 g/mol. The van der Waals surface area contributed by atoms with E-state index in [2.05, 4.69) is 10.3 Å². The lowest BCUT2D eigenvalue weighted by atomic mass is 10.3. The fourth-order valence-corrected chi connectivity index (χ4v) is 1.58. The first-order valence-corrected chi connectivity index (χ1v) is 6.37. The van der Waals surface area contributed by atoms with Crippen LogP contribution in [0.1, 0.15) is 43.1 Å². The van der Waals surface area contributed by atoms with Gasteiger partial charge in [-0.3, -0.25) is 9.59 Å². The molecule has 0 unspecified atom stereocenters. The molecule has 0 bridgehead atoms. The third-order valence-corrected chi connectivity index (χ3v) is 2.80. The van der Waals surface area contributed by atoms with Crippen molar-refractivity contribution in [3.05, 3.63) is 28.2 Å². The molecule has 1 heterocycles. The van der Waals surface area contributed by atoms with Crippen LogP contribution in [0.25, 0.3) is 0 Å². The molecule has 5 heteroatoms. The molecule has 2 N–H and O–H groups in total. The van der Waals surface area contributed by atoms with Crippen molar-refractivity contribution in [1.29, 1.82) is 0 Å². The highest BCUT2D eigenvalue weighted by molar-refractivity contribution is 5.95. The largest absolute Gasteiger partial charge is 0.487 e. The summed E-state index contributed by atoms with van der Waals surface area (Å²) < 4.78 is 5.43. The van der Waals surface area contributed by atoms with Crippen molar-refractivity contribution in [3.63, 3.8) is 0 Å². The molecule has 1 aromatic heterocycles. The molecule has 1 aliphatic rings. The van der Waals surface area contributed by atoms with Crippen molar-refractivity contribution >= 4 is 5.91 Å². The molecule has 0 spiro atoms. The number of ether oxygens (including phenoxy) is 1. The number of nitrogens with one attached hydrogen (secondary N) is 2. The first-order valence-electron chi connectivity index (χ1n) is 6.37. The van der Waals surface area contributed by atoms with Crippen LogP contribution < -0.4 is 15.5 Å². The Hall–Kier alpha value is -1.78. The van der Waals surface area contributed by atoms with Gasteiger partial charge in [-0.2, -0.15) is 0 Å².